The van der Waals surface area contributed by atoms with Crippen molar-refractivity contribution in [3.05, 3.63) is 69.1 Å². The standard InChI is InChI=1S/C25H26N2O4S2/c1-5-29-24(28)22-18(11-17-8-9-20-21(12-17)31-13-30-20)16(4)33-23(22)27-25(32)26-19-10-14(2)6-7-15(19)3/h6-10,12H,5,11,13H2,1-4H3,(H2,26,27,32). The predicted molar refractivity (Wildman–Crippen MR) is 136 cm³/mol. The summed E-state index contributed by atoms with van der Waals surface area (Å²) < 4.78 is 16.3. The van der Waals surface area contributed by atoms with Crippen LogP contribution in [0.15, 0.2) is 36.4 Å². The molecule has 0 saturated carbocycles. The lowest BCUT2D eigenvalue weighted by molar-refractivity contribution is 0.0527. The molecule has 1 aliphatic rings. The van der Waals surface area contributed by atoms with Crippen LogP contribution in [-0.4, -0.2) is 24.5 Å². The fourth-order valence-electron chi connectivity index (χ4n) is 3.68. The molecular weight excluding hydrogens is 456 g/mol. The van der Waals surface area contributed by atoms with Gasteiger partial charge < -0.3 is 24.8 Å². The molecule has 6 nitrogen and oxygen atoms in total. The molecule has 8 heteroatoms. The zero-order chi connectivity index (χ0) is 23.5. The van der Waals surface area contributed by atoms with Gasteiger partial charge >= 0.3 is 5.97 Å². The highest BCUT2D eigenvalue weighted by Gasteiger charge is 2.25. The van der Waals surface area contributed by atoms with Crippen LogP contribution in [0, 0.1) is 20.8 Å². The highest BCUT2D eigenvalue weighted by atomic mass is 32.1. The second-order valence-electron chi connectivity index (χ2n) is 7.82. The van der Waals surface area contributed by atoms with Gasteiger partial charge in [-0.05, 0) is 86.8 Å². The largest absolute Gasteiger partial charge is 0.462 e. The number of thiophene rings is 1. The Hall–Kier alpha value is -3.10. The van der Waals surface area contributed by atoms with Crippen LogP contribution in [0.5, 0.6) is 11.5 Å². The van der Waals surface area contributed by atoms with Gasteiger partial charge in [0.2, 0.25) is 6.79 Å². The molecule has 0 bridgehead atoms. The van der Waals surface area contributed by atoms with Crippen LogP contribution in [0.3, 0.4) is 0 Å². The molecule has 0 unspecified atom stereocenters. The minimum Gasteiger partial charge on any atom is -0.462 e. The number of carbonyl (C=O) groups is 1. The Morgan fingerprint density at radius 3 is 2.67 bits per heavy atom. The molecule has 4 rings (SSSR count). The van der Waals surface area contributed by atoms with E-state index in [1.165, 1.54) is 11.3 Å². The molecular formula is C25H26N2O4S2. The van der Waals surface area contributed by atoms with E-state index in [2.05, 4.69) is 16.7 Å². The summed E-state index contributed by atoms with van der Waals surface area (Å²) in [6, 6.07) is 12.0. The number of carbonyl (C=O) groups excluding carboxylic acids is 1. The average Bonchev–Trinajstić information content (AvgIpc) is 3.35. The van der Waals surface area contributed by atoms with Gasteiger partial charge in [0.25, 0.3) is 0 Å². The first-order valence-electron chi connectivity index (χ1n) is 10.7. The van der Waals surface area contributed by atoms with Crippen molar-refractivity contribution in [1.29, 1.82) is 0 Å². The molecule has 0 radical (unpaired) electrons. The van der Waals surface area contributed by atoms with Crippen molar-refractivity contribution in [3.8, 4) is 11.5 Å². The van der Waals surface area contributed by atoms with Crippen LogP contribution in [0.4, 0.5) is 10.7 Å². The SMILES string of the molecule is CCOC(=O)c1c(NC(=S)Nc2cc(C)ccc2C)sc(C)c1Cc1ccc2c(c1)OCO2. The summed E-state index contributed by atoms with van der Waals surface area (Å²) in [5.74, 6) is 1.08. The fraction of sp³-hybridized carbons (Fsp3) is 0.280. The third kappa shape index (κ3) is 5.12. The Morgan fingerprint density at radius 1 is 1.09 bits per heavy atom. The molecule has 0 saturated heterocycles. The first-order chi connectivity index (χ1) is 15.9. The van der Waals surface area contributed by atoms with Crippen LogP contribution in [0.1, 0.15) is 44.4 Å². The number of anilines is 2. The third-order valence-corrected chi connectivity index (χ3v) is 6.64. The summed E-state index contributed by atoms with van der Waals surface area (Å²) in [5, 5.41) is 7.57. The van der Waals surface area contributed by atoms with Gasteiger partial charge in [-0.2, -0.15) is 0 Å². The second kappa shape index (κ2) is 9.80. The third-order valence-electron chi connectivity index (χ3n) is 5.37. The molecule has 0 spiro atoms. The molecule has 172 valence electrons. The predicted octanol–water partition coefficient (Wildman–Crippen LogP) is 5.98. The van der Waals surface area contributed by atoms with E-state index in [0.717, 1.165) is 44.3 Å². The number of rotatable bonds is 6. The van der Waals surface area contributed by atoms with E-state index >= 15 is 0 Å². The Kier molecular flexibility index (Phi) is 6.85. The topological polar surface area (TPSA) is 68.8 Å². The number of hydrogen-bond acceptors (Lipinski definition) is 6. The molecule has 0 aliphatic carbocycles. The zero-order valence-corrected chi connectivity index (χ0v) is 20.7. The van der Waals surface area contributed by atoms with Gasteiger partial charge in [0, 0.05) is 10.6 Å². The van der Waals surface area contributed by atoms with Crippen LogP contribution >= 0.6 is 23.6 Å². The summed E-state index contributed by atoms with van der Waals surface area (Å²) in [7, 11) is 0. The average molecular weight is 483 g/mol. The number of aryl methyl sites for hydroxylation is 3. The van der Waals surface area contributed by atoms with Gasteiger partial charge in [-0.25, -0.2) is 4.79 Å². The van der Waals surface area contributed by atoms with Crippen molar-refractivity contribution in [2.24, 2.45) is 0 Å². The van der Waals surface area contributed by atoms with E-state index < -0.39 is 0 Å². The number of fused-ring (bicyclic) bond motifs is 1. The highest BCUT2D eigenvalue weighted by molar-refractivity contribution is 7.80. The van der Waals surface area contributed by atoms with Gasteiger partial charge in [-0.3, -0.25) is 0 Å². The molecule has 33 heavy (non-hydrogen) atoms. The minimum absolute atomic E-state index is 0.225. The zero-order valence-electron chi connectivity index (χ0n) is 19.0. The summed E-state index contributed by atoms with van der Waals surface area (Å²) in [5.41, 5.74) is 5.60. The van der Waals surface area contributed by atoms with Crippen LogP contribution in [0.25, 0.3) is 0 Å². The van der Waals surface area contributed by atoms with Crippen LogP contribution in [-0.2, 0) is 11.2 Å². The van der Waals surface area contributed by atoms with E-state index in [1.807, 2.05) is 51.1 Å². The monoisotopic (exact) mass is 482 g/mol. The van der Waals surface area contributed by atoms with Crippen molar-refractivity contribution >= 4 is 45.3 Å². The highest BCUT2D eigenvalue weighted by Crippen LogP contribution is 2.38. The number of benzene rings is 2. The minimum atomic E-state index is -0.366. The van der Waals surface area contributed by atoms with Crippen LogP contribution < -0.4 is 20.1 Å². The fourth-order valence-corrected chi connectivity index (χ4v) is 5.02. The molecule has 2 heterocycles. The van der Waals surface area contributed by atoms with E-state index in [-0.39, 0.29) is 12.8 Å². The molecule has 1 aliphatic heterocycles. The number of nitrogens with one attached hydrogen (secondary N) is 2. The Bertz CT molecular complexity index is 1220. The smallest absolute Gasteiger partial charge is 0.341 e. The Morgan fingerprint density at radius 2 is 1.88 bits per heavy atom. The van der Waals surface area contributed by atoms with Crippen molar-refractivity contribution < 1.29 is 19.0 Å². The maximum atomic E-state index is 13.0. The molecule has 1 aromatic heterocycles. The van der Waals surface area contributed by atoms with E-state index in [1.54, 1.807) is 6.92 Å². The number of hydrogen-bond donors (Lipinski definition) is 2. The maximum absolute atomic E-state index is 13.0. The lowest BCUT2D eigenvalue weighted by atomic mass is 10.0. The molecule has 0 atom stereocenters. The molecule has 2 N–H and O–H groups in total. The van der Waals surface area contributed by atoms with Gasteiger partial charge in [0.05, 0.1) is 12.2 Å². The van der Waals surface area contributed by atoms with Gasteiger partial charge in [0.1, 0.15) is 5.00 Å². The quantitative estimate of drug-likeness (QED) is 0.331. The van der Waals surface area contributed by atoms with E-state index in [4.69, 9.17) is 26.4 Å². The van der Waals surface area contributed by atoms with Crippen molar-refractivity contribution in [3.63, 3.8) is 0 Å². The Labute approximate surface area is 202 Å². The van der Waals surface area contributed by atoms with Gasteiger partial charge in [-0.15, -0.1) is 11.3 Å². The second-order valence-corrected chi connectivity index (χ2v) is 9.46. The summed E-state index contributed by atoms with van der Waals surface area (Å²) >= 11 is 7.06. The first-order valence-corrected chi connectivity index (χ1v) is 11.9. The molecule has 2 aromatic carbocycles. The van der Waals surface area contributed by atoms with Crippen molar-refractivity contribution in [2.75, 3.05) is 24.0 Å². The lowest BCUT2D eigenvalue weighted by Gasteiger charge is -2.14. The van der Waals surface area contributed by atoms with Crippen molar-refractivity contribution in [1.82, 2.24) is 0 Å². The first kappa shape index (κ1) is 23.1. The summed E-state index contributed by atoms with van der Waals surface area (Å²) in [4.78, 5) is 14.0. The number of thiocarbonyl (C=S) groups is 1. The normalized spacial score (nSPS) is 11.9. The van der Waals surface area contributed by atoms with Crippen molar-refractivity contribution in [2.45, 2.75) is 34.1 Å². The lowest BCUT2D eigenvalue weighted by Crippen LogP contribution is -2.21. The number of ether oxygens (including phenoxy) is 3. The molecule has 3 aromatic rings. The summed E-state index contributed by atoms with van der Waals surface area (Å²) in [6.07, 6.45) is 0.561. The maximum Gasteiger partial charge on any atom is 0.341 e. The molecule has 0 fully saturated rings. The van der Waals surface area contributed by atoms with Crippen LogP contribution in [0.2, 0.25) is 0 Å². The van der Waals surface area contributed by atoms with E-state index in [0.29, 0.717) is 28.7 Å². The number of esters is 1. The summed E-state index contributed by atoms with van der Waals surface area (Å²) in [6.45, 7) is 8.37. The van der Waals surface area contributed by atoms with E-state index in [9.17, 15) is 4.79 Å². The molecule has 0 amide bonds. The van der Waals surface area contributed by atoms with Gasteiger partial charge in [-0.1, -0.05) is 18.2 Å². The Balaban J connectivity index is 1.62. The van der Waals surface area contributed by atoms with Gasteiger partial charge in [0.15, 0.2) is 16.6 Å².